The van der Waals surface area contributed by atoms with E-state index in [4.69, 9.17) is 9.26 Å². The molecule has 3 unspecified atom stereocenters. The summed E-state index contributed by atoms with van der Waals surface area (Å²) >= 11 is 0. The topological polar surface area (TPSA) is 80.5 Å². The van der Waals surface area contributed by atoms with Crippen molar-refractivity contribution in [3.8, 4) is 0 Å². The zero-order chi connectivity index (χ0) is 14.1. The molecule has 0 aliphatic carbocycles. The van der Waals surface area contributed by atoms with Crippen molar-refractivity contribution >= 4 is 5.91 Å². The van der Waals surface area contributed by atoms with Crippen molar-refractivity contribution in [3.05, 3.63) is 11.7 Å². The second-order valence-corrected chi connectivity index (χ2v) is 5.56. The molecule has 0 bridgehead atoms. The number of carbonyl (C=O) groups excluding carboxylic acids is 1. The maximum atomic E-state index is 12.4. The normalized spacial score (nSPS) is 30.7. The van der Waals surface area contributed by atoms with Gasteiger partial charge in [0.2, 0.25) is 5.89 Å². The van der Waals surface area contributed by atoms with Gasteiger partial charge >= 0.3 is 0 Å². The van der Waals surface area contributed by atoms with Gasteiger partial charge in [0.25, 0.3) is 11.7 Å². The predicted molar refractivity (Wildman–Crippen MR) is 70.2 cm³/mol. The first-order valence-electron chi connectivity index (χ1n) is 7.14. The maximum absolute atomic E-state index is 12.4. The first-order chi connectivity index (χ1) is 9.65. The number of hydrogen-bond acceptors (Lipinski definition) is 6. The van der Waals surface area contributed by atoms with Crippen molar-refractivity contribution < 1.29 is 14.1 Å². The molecule has 1 aromatic heterocycles. The molecular weight excluding hydrogens is 260 g/mol. The van der Waals surface area contributed by atoms with Crippen molar-refractivity contribution in [3.63, 3.8) is 0 Å². The third kappa shape index (κ3) is 2.55. The van der Waals surface area contributed by atoms with Gasteiger partial charge in [0.1, 0.15) is 0 Å². The summed E-state index contributed by atoms with van der Waals surface area (Å²) in [5, 5.41) is 7.12. The maximum Gasteiger partial charge on any atom is 0.295 e. The minimum atomic E-state index is -0.180. The molecule has 7 nitrogen and oxygen atoms in total. The number of amides is 1. The lowest BCUT2D eigenvalue weighted by atomic mass is 10.2. The van der Waals surface area contributed by atoms with E-state index in [1.54, 1.807) is 4.90 Å². The van der Waals surface area contributed by atoms with Gasteiger partial charge < -0.3 is 19.5 Å². The van der Waals surface area contributed by atoms with E-state index in [0.29, 0.717) is 19.0 Å². The van der Waals surface area contributed by atoms with Gasteiger partial charge in [-0.15, -0.1) is 0 Å². The number of nitrogens with zero attached hydrogens (tertiary/aromatic N) is 3. The van der Waals surface area contributed by atoms with E-state index >= 15 is 0 Å². The Hall–Kier alpha value is -1.47. The Morgan fingerprint density at radius 1 is 1.45 bits per heavy atom. The standard InChI is InChI=1S/C13H20N4O3/c1-8-7-19-9(2)6-17(8)13(18)11-15-12(20-16-11)10-4-3-5-14-10/h8-10,14H,3-7H2,1-2H3. The Morgan fingerprint density at radius 2 is 2.30 bits per heavy atom. The largest absolute Gasteiger partial charge is 0.375 e. The zero-order valence-corrected chi connectivity index (χ0v) is 11.8. The summed E-state index contributed by atoms with van der Waals surface area (Å²) in [5.74, 6) is 0.482. The van der Waals surface area contributed by atoms with Crippen molar-refractivity contribution in [2.45, 2.75) is 44.9 Å². The summed E-state index contributed by atoms with van der Waals surface area (Å²) in [6.07, 6.45) is 2.10. The number of hydrogen-bond donors (Lipinski definition) is 1. The lowest BCUT2D eigenvalue weighted by Gasteiger charge is -2.35. The number of nitrogens with one attached hydrogen (secondary N) is 1. The van der Waals surface area contributed by atoms with Gasteiger partial charge in [-0.1, -0.05) is 5.16 Å². The summed E-state index contributed by atoms with van der Waals surface area (Å²) in [7, 11) is 0. The molecule has 2 saturated heterocycles. The van der Waals surface area contributed by atoms with Gasteiger partial charge in [0.05, 0.1) is 24.8 Å². The summed E-state index contributed by atoms with van der Waals surface area (Å²) < 4.78 is 10.7. The molecule has 20 heavy (non-hydrogen) atoms. The van der Waals surface area contributed by atoms with Crippen LogP contribution in [0.4, 0.5) is 0 Å². The highest BCUT2D eigenvalue weighted by Gasteiger charge is 2.32. The summed E-state index contributed by atoms with van der Waals surface area (Å²) in [6, 6.07) is 0.121. The minimum Gasteiger partial charge on any atom is -0.375 e. The molecule has 0 spiro atoms. The molecule has 1 amide bonds. The third-order valence-corrected chi connectivity index (χ3v) is 3.86. The van der Waals surface area contributed by atoms with E-state index in [-0.39, 0.29) is 29.9 Å². The van der Waals surface area contributed by atoms with E-state index in [2.05, 4.69) is 15.5 Å². The number of morpholine rings is 1. The molecule has 1 N–H and O–H groups in total. The molecular formula is C13H20N4O3. The predicted octanol–water partition coefficient (Wildman–Crippen LogP) is 0.743. The van der Waals surface area contributed by atoms with Crippen molar-refractivity contribution in [1.82, 2.24) is 20.4 Å². The molecule has 0 saturated carbocycles. The van der Waals surface area contributed by atoms with Crippen LogP contribution < -0.4 is 5.32 Å². The summed E-state index contributed by atoms with van der Waals surface area (Å²) in [5.41, 5.74) is 0. The second kappa shape index (κ2) is 5.49. The lowest BCUT2D eigenvalue weighted by Crippen LogP contribution is -2.50. The first-order valence-corrected chi connectivity index (χ1v) is 7.14. The Labute approximate surface area is 117 Å². The summed E-state index contributed by atoms with van der Waals surface area (Å²) in [4.78, 5) is 18.5. The molecule has 1 aromatic rings. The average Bonchev–Trinajstić information content (AvgIpc) is 3.10. The Balaban J connectivity index is 1.73. The van der Waals surface area contributed by atoms with Gasteiger partial charge in [-0.25, -0.2) is 0 Å². The van der Waals surface area contributed by atoms with Crippen LogP contribution in [0.2, 0.25) is 0 Å². The fourth-order valence-electron chi connectivity index (χ4n) is 2.67. The van der Waals surface area contributed by atoms with Gasteiger partial charge in [0.15, 0.2) is 0 Å². The molecule has 3 rings (SSSR count). The van der Waals surface area contributed by atoms with Gasteiger partial charge in [-0.2, -0.15) is 4.98 Å². The van der Waals surface area contributed by atoms with E-state index in [9.17, 15) is 4.79 Å². The highest BCUT2D eigenvalue weighted by Crippen LogP contribution is 2.22. The van der Waals surface area contributed by atoms with E-state index < -0.39 is 0 Å². The quantitative estimate of drug-likeness (QED) is 0.860. The number of aromatic nitrogens is 2. The second-order valence-electron chi connectivity index (χ2n) is 5.56. The van der Waals surface area contributed by atoms with Crippen LogP contribution in [-0.2, 0) is 4.74 Å². The molecule has 2 fully saturated rings. The zero-order valence-electron chi connectivity index (χ0n) is 11.8. The number of carbonyl (C=O) groups is 1. The van der Waals surface area contributed by atoms with Gasteiger partial charge in [-0.3, -0.25) is 4.79 Å². The molecule has 2 aliphatic rings. The SMILES string of the molecule is CC1CN(C(=O)c2noc(C3CCCN3)n2)C(C)CO1. The number of rotatable bonds is 2. The highest BCUT2D eigenvalue weighted by atomic mass is 16.5. The van der Waals surface area contributed by atoms with Crippen molar-refractivity contribution in [1.29, 1.82) is 0 Å². The molecule has 2 aliphatic heterocycles. The van der Waals surface area contributed by atoms with E-state index in [1.807, 2.05) is 13.8 Å². The van der Waals surface area contributed by atoms with E-state index in [0.717, 1.165) is 19.4 Å². The Kier molecular flexibility index (Phi) is 3.71. The monoisotopic (exact) mass is 280 g/mol. The molecule has 110 valence electrons. The number of ether oxygens (including phenoxy) is 1. The Bertz CT molecular complexity index is 484. The van der Waals surface area contributed by atoms with Crippen LogP contribution >= 0.6 is 0 Å². The lowest BCUT2D eigenvalue weighted by molar-refractivity contribution is -0.0391. The third-order valence-electron chi connectivity index (χ3n) is 3.86. The molecule has 0 radical (unpaired) electrons. The molecule has 3 heterocycles. The van der Waals surface area contributed by atoms with Crippen LogP contribution in [0.25, 0.3) is 0 Å². The molecule has 3 atom stereocenters. The minimum absolute atomic E-state index is 0.0326. The molecule has 7 heteroatoms. The fourth-order valence-corrected chi connectivity index (χ4v) is 2.67. The fraction of sp³-hybridized carbons (Fsp3) is 0.769. The average molecular weight is 280 g/mol. The van der Waals surface area contributed by atoms with Crippen LogP contribution in [0.3, 0.4) is 0 Å². The van der Waals surface area contributed by atoms with Crippen LogP contribution in [0.5, 0.6) is 0 Å². The highest BCUT2D eigenvalue weighted by molar-refractivity contribution is 5.90. The van der Waals surface area contributed by atoms with Crippen LogP contribution in [0.15, 0.2) is 4.52 Å². The molecule has 0 aromatic carbocycles. The van der Waals surface area contributed by atoms with Gasteiger partial charge in [0, 0.05) is 6.54 Å². The van der Waals surface area contributed by atoms with Crippen LogP contribution in [-0.4, -0.2) is 52.8 Å². The first kappa shape index (κ1) is 13.5. The van der Waals surface area contributed by atoms with Crippen molar-refractivity contribution in [2.75, 3.05) is 19.7 Å². The van der Waals surface area contributed by atoms with E-state index in [1.165, 1.54) is 0 Å². The van der Waals surface area contributed by atoms with Crippen molar-refractivity contribution in [2.24, 2.45) is 0 Å². The Morgan fingerprint density at radius 3 is 3.05 bits per heavy atom. The summed E-state index contributed by atoms with van der Waals surface area (Å²) in [6.45, 7) is 5.97. The van der Waals surface area contributed by atoms with Crippen LogP contribution in [0.1, 0.15) is 49.2 Å². The van der Waals surface area contributed by atoms with Gasteiger partial charge in [-0.05, 0) is 33.2 Å². The smallest absolute Gasteiger partial charge is 0.295 e. The van der Waals surface area contributed by atoms with Crippen LogP contribution in [0, 0.1) is 0 Å².